The van der Waals surface area contributed by atoms with Crippen LogP contribution in [0, 0.1) is 0 Å². The van der Waals surface area contributed by atoms with Crippen molar-refractivity contribution in [2.45, 2.75) is 38.8 Å². The maximum atomic E-state index is 6.12. The van der Waals surface area contributed by atoms with Crippen LogP contribution in [0.4, 0.5) is 5.69 Å². The van der Waals surface area contributed by atoms with Crippen molar-refractivity contribution >= 4 is 5.69 Å². The van der Waals surface area contributed by atoms with Crippen molar-refractivity contribution in [1.29, 1.82) is 0 Å². The van der Waals surface area contributed by atoms with Gasteiger partial charge in [-0.1, -0.05) is 19.1 Å². The van der Waals surface area contributed by atoms with Crippen LogP contribution in [-0.2, 0) is 6.42 Å². The predicted molar refractivity (Wildman–Crippen MR) is 90.7 cm³/mol. The van der Waals surface area contributed by atoms with Crippen LogP contribution in [0.5, 0.6) is 0 Å². The summed E-state index contributed by atoms with van der Waals surface area (Å²) in [4.78, 5) is 4.97. The maximum Gasteiger partial charge on any atom is 0.0367 e. The van der Waals surface area contributed by atoms with Gasteiger partial charge in [-0.2, -0.15) is 0 Å². The predicted octanol–water partition coefficient (Wildman–Crippen LogP) is 1.44. The molecule has 1 aliphatic heterocycles. The third kappa shape index (κ3) is 4.99. The van der Waals surface area contributed by atoms with Crippen LogP contribution in [0.15, 0.2) is 24.3 Å². The fourth-order valence-corrected chi connectivity index (χ4v) is 3.03. The molecule has 21 heavy (non-hydrogen) atoms. The van der Waals surface area contributed by atoms with Gasteiger partial charge in [0.25, 0.3) is 0 Å². The molecule has 2 rings (SSSR count). The fourth-order valence-electron chi connectivity index (χ4n) is 3.03. The molecular formula is C17H30N4. The number of anilines is 1. The van der Waals surface area contributed by atoms with Crippen molar-refractivity contribution in [3.05, 3.63) is 29.8 Å². The zero-order valence-electron chi connectivity index (χ0n) is 13.5. The van der Waals surface area contributed by atoms with E-state index in [0.29, 0.717) is 0 Å². The molecule has 4 N–H and O–H groups in total. The molecule has 0 amide bonds. The van der Waals surface area contributed by atoms with Gasteiger partial charge in [0.15, 0.2) is 0 Å². The van der Waals surface area contributed by atoms with Crippen LogP contribution in [0.1, 0.15) is 25.8 Å². The minimum Gasteiger partial charge on any atom is -0.369 e. The molecule has 1 fully saturated rings. The van der Waals surface area contributed by atoms with Crippen LogP contribution in [-0.4, -0.2) is 49.7 Å². The number of nitrogens with zero attached hydrogens (tertiary/aromatic N) is 2. The standard InChI is InChI=1S/C17H30N4/c1-3-20-8-10-21(11-9-20)17-6-4-15(5-7-17)13-16(19)12-14(2)18/h4-7,14,16H,3,8-13,18-19H2,1-2H3. The molecule has 1 heterocycles. The van der Waals surface area contributed by atoms with E-state index in [2.05, 4.69) is 41.0 Å². The molecule has 1 aromatic rings. The van der Waals surface area contributed by atoms with Gasteiger partial charge in [0.05, 0.1) is 0 Å². The zero-order valence-corrected chi connectivity index (χ0v) is 13.5. The summed E-state index contributed by atoms with van der Waals surface area (Å²) in [6, 6.07) is 9.22. The van der Waals surface area contributed by atoms with Gasteiger partial charge >= 0.3 is 0 Å². The number of hydrogen-bond donors (Lipinski definition) is 2. The van der Waals surface area contributed by atoms with E-state index in [4.69, 9.17) is 11.5 Å². The summed E-state index contributed by atoms with van der Waals surface area (Å²) in [6.45, 7) is 9.98. The van der Waals surface area contributed by atoms with E-state index in [9.17, 15) is 0 Å². The van der Waals surface area contributed by atoms with E-state index in [1.54, 1.807) is 0 Å². The van der Waals surface area contributed by atoms with Crippen molar-refractivity contribution < 1.29 is 0 Å². The van der Waals surface area contributed by atoms with Crippen LogP contribution in [0.25, 0.3) is 0 Å². The Kier molecular flexibility index (Phi) is 6.03. The van der Waals surface area contributed by atoms with Crippen LogP contribution in [0.3, 0.4) is 0 Å². The molecule has 1 saturated heterocycles. The van der Waals surface area contributed by atoms with E-state index < -0.39 is 0 Å². The Hall–Kier alpha value is -1.10. The summed E-state index contributed by atoms with van der Waals surface area (Å²) < 4.78 is 0. The third-order valence-corrected chi connectivity index (χ3v) is 4.29. The Bertz CT molecular complexity index is 407. The quantitative estimate of drug-likeness (QED) is 0.832. The van der Waals surface area contributed by atoms with Crippen molar-refractivity contribution in [1.82, 2.24) is 4.90 Å². The molecule has 4 heteroatoms. The largest absolute Gasteiger partial charge is 0.369 e. The number of benzene rings is 1. The SMILES string of the molecule is CCN1CCN(c2ccc(CC(N)CC(C)N)cc2)CC1. The van der Waals surface area contributed by atoms with Gasteiger partial charge in [0.2, 0.25) is 0 Å². The summed E-state index contributed by atoms with van der Waals surface area (Å²) >= 11 is 0. The van der Waals surface area contributed by atoms with Gasteiger partial charge in [-0.05, 0) is 44.0 Å². The minimum atomic E-state index is 0.156. The molecule has 4 nitrogen and oxygen atoms in total. The zero-order chi connectivity index (χ0) is 15.2. The van der Waals surface area contributed by atoms with E-state index in [0.717, 1.165) is 45.6 Å². The Labute approximate surface area is 129 Å². The lowest BCUT2D eigenvalue weighted by Gasteiger charge is -2.35. The highest BCUT2D eigenvalue weighted by Crippen LogP contribution is 2.18. The van der Waals surface area contributed by atoms with Crippen molar-refractivity contribution in [2.75, 3.05) is 37.6 Å². The molecule has 118 valence electrons. The average Bonchev–Trinajstić information content (AvgIpc) is 2.47. The molecule has 0 saturated carbocycles. The van der Waals surface area contributed by atoms with Crippen molar-refractivity contribution in [2.24, 2.45) is 11.5 Å². The van der Waals surface area contributed by atoms with Gasteiger partial charge in [-0.25, -0.2) is 0 Å². The van der Waals surface area contributed by atoms with Crippen LogP contribution < -0.4 is 16.4 Å². The molecule has 0 aromatic heterocycles. The first kappa shape index (κ1) is 16.3. The van der Waals surface area contributed by atoms with Gasteiger partial charge in [-0.15, -0.1) is 0 Å². The topological polar surface area (TPSA) is 58.5 Å². The number of piperazine rings is 1. The smallest absolute Gasteiger partial charge is 0.0367 e. The van der Waals surface area contributed by atoms with E-state index in [1.165, 1.54) is 11.3 Å². The number of rotatable bonds is 6. The minimum absolute atomic E-state index is 0.156. The Morgan fingerprint density at radius 3 is 2.19 bits per heavy atom. The number of nitrogens with two attached hydrogens (primary N) is 2. The first-order valence-corrected chi connectivity index (χ1v) is 8.16. The second kappa shape index (κ2) is 7.78. The Morgan fingerprint density at radius 2 is 1.67 bits per heavy atom. The molecule has 0 aliphatic carbocycles. The highest BCUT2D eigenvalue weighted by molar-refractivity contribution is 5.48. The molecule has 1 aliphatic rings. The number of likely N-dealkylation sites (N-methyl/N-ethyl adjacent to an activating group) is 1. The van der Waals surface area contributed by atoms with Crippen LogP contribution >= 0.6 is 0 Å². The van der Waals surface area contributed by atoms with Gasteiger partial charge in [-0.3, -0.25) is 0 Å². The third-order valence-electron chi connectivity index (χ3n) is 4.29. The van der Waals surface area contributed by atoms with Gasteiger partial charge < -0.3 is 21.3 Å². The fraction of sp³-hybridized carbons (Fsp3) is 0.647. The first-order valence-electron chi connectivity index (χ1n) is 8.16. The van der Waals surface area contributed by atoms with Gasteiger partial charge in [0, 0.05) is 44.0 Å². The Balaban J connectivity index is 1.87. The molecule has 2 unspecified atom stereocenters. The molecular weight excluding hydrogens is 260 g/mol. The van der Waals surface area contributed by atoms with Crippen LogP contribution in [0.2, 0.25) is 0 Å². The van der Waals surface area contributed by atoms with E-state index >= 15 is 0 Å². The van der Waals surface area contributed by atoms with E-state index in [1.807, 2.05) is 6.92 Å². The molecule has 1 aromatic carbocycles. The molecule has 0 bridgehead atoms. The summed E-state index contributed by atoms with van der Waals surface area (Å²) in [5.74, 6) is 0. The molecule has 0 spiro atoms. The lowest BCUT2D eigenvalue weighted by molar-refractivity contribution is 0.271. The second-order valence-corrected chi connectivity index (χ2v) is 6.26. The lowest BCUT2D eigenvalue weighted by Crippen LogP contribution is -2.46. The van der Waals surface area contributed by atoms with Crippen molar-refractivity contribution in [3.8, 4) is 0 Å². The maximum absolute atomic E-state index is 6.12. The normalized spacial score (nSPS) is 19.5. The van der Waals surface area contributed by atoms with E-state index in [-0.39, 0.29) is 12.1 Å². The average molecular weight is 290 g/mol. The summed E-state index contributed by atoms with van der Waals surface area (Å²) in [6.07, 6.45) is 1.78. The molecule has 2 atom stereocenters. The summed E-state index contributed by atoms with van der Waals surface area (Å²) in [5.41, 5.74) is 14.6. The molecule has 0 radical (unpaired) electrons. The monoisotopic (exact) mass is 290 g/mol. The number of hydrogen-bond acceptors (Lipinski definition) is 4. The summed E-state index contributed by atoms with van der Waals surface area (Å²) in [5, 5.41) is 0. The highest BCUT2D eigenvalue weighted by atomic mass is 15.3. The lowest BCUT2D eigenvalue weighted by atomic mass is 10.0. The van der Waals surface area contributed by atoms with Crippen molar-refractivity contribution in [3.63, 3.8) is 0 Å². The first-order chi connectivity index (χ1) is 10.1. The summed E-state index contributed by atoms with van der Waals surface area (Å²) in [7, 11) is 0. The Morgan fingerprint density at radius 1 is 1.05 bits per heavy atom. The highest BCUT2D eigenvalue weighted by Gasteiger charge is 2.15. The second-order valence-electron chi connectivity index (χ2n) is 6.26. The van der Waals surface area contributed by atoms with Gasteiger partial charge in [0.1, 0.15) is 0 Å².